The van der Waals surface area contributed by atoms with E-state index in [9.17, 15) is 9.59 Å². The van der Waals surface area contributed by atoms with Gasteiger partial charge in [0.25, 0.3) is 5.91 Å². The molecular formula is C26H36N2O4. The van der Waals surface area contributed by atoms with Gasteiger partial charge in [0, 0.05) is 13.2 Å². The van der Waals surface area contributed by atoms with E-state index in [1.807, 2.05) is 30.3 Å². The van der Waals surface area contributed by atoms with Gasteiger partial charge in [-0.3, -0.25) is 9.59 Å². The number of carbonyl (C=O) groups is 2. The van der Waals surface area contributed by atoms with Crippen LogP contribution in [-0.4, -0.2) is 54.7 Å². The molecule has 1 N–H and O–H groups in total. The summed E-state index contributed by atoms with van der Waals surface area (Å²) >= 11 is 0. The van der Waals surface area contributed by atoms with Crippen LogP contribution in [0.4, 0.5) is 0 Å². The van der Waals surface area contributed by atoms with Crippen LogP contribution in [0.3, 0.4) is 0 Å². The van der Waals surface area contributed by atoms with E-state index in [1.165, 1.54) is 0 Å². The molecule has 4 rings (SSSR count). The van der Waals surface area contributed by atoms with E-state index in [1.54, 1.807) is 11.0 Å². The number of benzene rings is 1. The van der Waals surface area contributed by atoms with E-state index in [0.717, 1.165) is 44.3 Å². The van der Waals surface area contributed by atoms with Gasteiger partial charge in [0.2, 0.25) is 5.91 Å². The van der Waals surface area contributed by atoms with Crippen molar-refractivity contribution in [3.05, 3.63) is 41.7 Å². The molecule has 6 nitrogen and oxygen atoms in total. The predicted molar refractivity (Wildman–Crippen MR) is 124 cm³/mol. The van der Waals surface area contributed by atoms with E-state index >= 15 is 0 Å². The number of hydrogen-bond acceptors (Lipinski definition) is 4. The molecule has 0 bridgehead atoms. The number of amides is 2. The standard InChI is InChI=1S/C26H36N2O4/c1-26(2,3)19-11-12-22-21(15-19)28(17-24(29)27-16-20-10-7-13-31-20)25(30)23(32-22)14-18-8-5-4-6-9-18/h4-6,8-9,14,19-22H,7,10-13,15-17H2,1-3H3,(H,27,29)/b23-14-. The zero-order valence-corrected chi connectivity index (χ0v) is 19.5. The largest absolute Gasteiger partial charge is 0.482 e. The van der Waals surface area contributed by atoms with Crippen molar-refractivity contribution in [3.8, 4) is 0 Å². The van der Waals surface area contributed by atoms with Crippen molar-refractivity contribution in [2.75, 3.05) is 19.7 Å². The van der Waals surface area contributed by atoms with Crippen LogP contribution >= 0.6 is 0 Å². The average Bonchev–Trinajstić information content (AvgIpc) is 3.29. The Morgan fingerprint density at radius 2 is 1.97 bits per heavy atom. The quantitative estimate of drug-likeness (QED) is 0.708. The number of nitrogens with zero attached hydrogens (tertiary/aromatic N) is 1. The summed E-state index contributed by atoms with van der Waals surface area (Å²) in [5, 5.41) is 2.98. The van der Waals surface area contributed by atoms with E-state index in [4.69, 9.17) is 9.47 Å². The first kappa shape index (κ1) is 22.8. The number of carbonyl (C=O) groups excluding carboxylic acids is 2. The van der Waals surface area contributed by atoms with E-state index in [-0.39, 0.29) is 42.0 Å². The number of ether oxygens (including phenoxy) is 2. The summed E-state index contributed by atoms with van der Waals surface area (Å²) in [6, 6.07) is 9.64. The van der Waals surface area contributed by atoms with Crippen molar-refractivity contribution in [2.24, 2.45) is 11.3 Å². The van der Waals surface area contributed by atoms with Crippen LogP contribution in [0, 0.1) is 11.3 Å². The molecule has 32 heavy (non-hydrogen) atoms. The van der Waals surface area contributed by atoms with Gasteiger partial charge in [-0.05, 0) is 55.1 Å². The maximum atomic E-state index is 13.5. The lowest BCUT2D eigenvalue weighted by molar-refractivity contribution is -0.154. The molecule has 3 aliphatic rings. The Bertz CT molecular complexity index is 839. The lowest BCUT2D eigenvalue weighted by Gasteiger charge is -2.48. The van der Waals surface area contributed by atoms with Crippen LogP contribution in [0.5, 0.6) is 0 Å². The fourth-order valence-electron chi connectivity index (χ4n) is 5.11. The lowest BCUT2D eigenvalue weighted by atomic mass is 9.69. The molecule has 4 atom stereocenters. The molecule has 1 aliphatic carbocycles. The fourth-order valence-corrected chi connectivity index (χ4v) is 5.11. The molecule has 174 valence electrons. The van der Waals surface area contributed by atoms with Gasteiger partial charge in [0.1, 0.15) is 12.6 Å². The van der Waals surface area contributed by atoms with Crippen molar-refractivity contribution in [1.29, 1.82) is 0 Å². The minimum absolute atomic E-state index is 0.0546. The Balaban J connectivity index is 1.52. The van der Waals surface area contributed by atoms with Crippen molar-refractivity contribution in [3.63, 3.8) is 0 Å². The SMILES string of the molecule is CC(C)(C)C1CCC2O/C(=C\c3ccccc3)C(=O)N(CC(=O)NCC3CCCO3)C2C1. The summed E-state index contributed by atoms with van der Waals surface area (Å²) < 4.78 is 11.8. The monoisotopic (exact) mass is 440 g/mol. The molecule has 0 spiro atoms. The molecule has 6 heteroatoms. The van der Waals surface area contributed by atoms with Crippen molar-refractivity contribution in [2.45, 2.75) is 71.1 Å². The third kappa shape index (κ3) is 5.34. The van der Waals surface area contributed by atoms with Crippen LogP contribution < -0.4 is 5.32 Å². The highest BCUT2D eigenvalue weighted by Gasteiger charge is 2.46. The second-order valence-corrected chi connectivity index (χ2v) is 10.4. The predicted octanol–water partition coefficient (Wildman–Crippen LogP) is 3.76. The van der Waals surface area contributed by atoms with Gasteiger partial charge in [-0.25, -0.2) is 0 Å². The molecule has 0 radical (unpaired) electrons. The minimum Gasteiger partial charge on any atom is -0.482 e. The van der Waals surface area contributed by atoms with Crippen LogP contribution in [0.1, 0.15) is 58.4 Å². The van der Waals surface area contributed by atoms with E-state index in [0.29, 0.717) is 18.2 Å². The Morgan fingerprint density at radius 1 is 1.19 bits per heavy atom. The first-order valence-corrected chi connectivity index (χ1v) is 11.9. The minimum atomic E-state index is -0.197. The molecule has 2 amide bonds. The first-order valence-electron chi connectivity index (χ1n) is 11.9. The summed E-state index contributed by atoms with van der Waals surface area (Å²) in [5.74, 6) is 0.485. The molecule has 1 saturated carbocycles. The molecule has 4 unspecified atom stereocenters. The highest BCUT2D eigenvalue weighted by molar-refractivity contribution is 5.98. The van der Waals surface area contributed by atoms with Crippen molar-refractivity contribution < 1.29 is 19.1 Å². The van der Waals surface area contributed by atoms with Crippen LogP contribution in [0.25, 0.3) is 6.08 Å². The Hall–Kier alpha value is -2.34. The van der Waals surface area contributed by atoms with Gasteiger partial charge in [-0.15, -0.1) is 0 Å². The molecule has 2 saturated heterocycles. The second kappa shape index (κ2) is 9.65. The van der Waals surface area contributed by atoms with Gasteiger partial charge in [0.05, 0.1) is 12.1 Å². The van der Waals surface area contributed by atoms with Crippen molar-refractivity contribution in [1.82, 2.24) is 10.2 Å². The number of nitrogens with one attached hydrogen (secondary N) is 1. The van der Waals surface area contributed by atoms with Crippen LogP contribution in [0.15, 0.2) is 36.1 Å². The molecule has 2 heterocycles. The van der Waals surface area contributed by atoms with Gasteiger partial charge in [-0.1, -0.05) is 51.1 Å². The number of fused-ring (bicyclic) bond motifs is 1. The zero-order valence-electron chi connectivity index (χ0n) is 19.5. The normalized spacial score (nSPS) is 29.5. The molecule has 1 aromatic rings. The number of rotatable bonds is 5. The lowest BCUT2D eigenvalue weighted by Crippen LogP contribution is -2.59. The van der Waals surface area contributed by atoms with E-state index < -0.39 is 0 Å². The van der Waals surface area contributed by atoms with Crippen LogP contribution in [-0.2, 0) is 19.1 Å². The van der Waals surface area contributed by atoms with Gasteiger partial charge in [-0.2, -0.15) is 0 Å². The average molecular weight is 441 g/mol. The zero-order chi connectivity index (χ0) is 22.7. The summed E-state index contributed by atoms with van der Waals surface area (Å²) in [7, 11) is 0. The maximum Gasteiger partial charge on any atom is 0.289 e. The molecular weight excluding hydrogens is 404 g/mol. The Labute approximate surface area is 191 Å². The Kier molecular flexibility index (Phi) is 6.89. The third-order valence-electron chi connectivity index (χ3n) is 7.09. The summed E-state index contributed by atoms with van der Waals surface area (Å²) in [5.41, 5.74) is 1.07. The second-order valence-electron chi connectivity index (χ2n) is 10.4. The van der Waals surface area contributed by atoms with Crippen molar-refractivity contribution >= 4 is 17.9 Å². The Morgan fingerprint density at radius 3 is 2.66 bits per heavy atom. The van der Waals surface area contributed by atoms with Gasteiger partial charge < -0.3 is 19.7 Å². The van der Waals surface area contributed by atoms with E-state index in [2.05, 4.69) is 26.1 Å². The summed E-state index contributed by atoms with van der Waals surface area (Å²) in [6.45, 7) is 8.07. The molecule has 2 aliphatic heterocycles. The molecule has 1 aromatic carbocycles. The maximum absolute atomic E-state index is 13.5. The number of hydrogen-bond donors (Lipinski definition) is 1. The third-order valence-corrected chi connectivity index (χ3v) is 7.09. The van der Waals surface area contributed by atoms with Gasteiger partial charge >= 0.3 is 0 Å². The highest BCUT2D eigenvalue weighted by atomic mass is 16.5. The highest BCUT2D eigenvalue weighted by Crippen LogP contribution is 2.42. The van der Waals surface area contributed by atoms with Crippen LogP contribution in [0.2, 0.25) is 0 Å². The smallest absolute Gasteiger partial charge is 0.289 e. The fraction of sp³-hybridized carbons (Fsp3) is 0.615. The molecule has 0 aromatic heterocycles. The summed E-state index contributed by atoms with van der Waals surface area (Å²) in [6.07, 6.45) is 6.62. The first-order chi connectivity index (χ1) is 15.3. The molecule has 3 fully saturated rings. The number of morpholine rings is 1. The van der Waals surface area contributed by atoms with Gasteiger partial charge in [0.15, 0.2) is 5.76 Å². The topological polar surface area (TPSA) is 67.9 Å². The summed E-state index contributed by atoms with van der Waals surface area (Å²) in [4.78, 5) is 28.0.